The average Bonchev–Trinajstić information content (AvgIpc) is 2.43. The van der Waals surface area contributed by atoms with Gasteiger partial charge in [0, 0.05) is 25.7 Å². The molecule has 0 amide bonds. The highest BCUT2D eigenvalue weighted by Gasteiger charge is 2.03. The van der Waals surface area contributed by atoms with Gasteiger partial charge in [-0.2, -0.15) is 0 Å². The van der Waals surface area contributed by atoms with Crippen molar-refractivity contribution in [1.29, 1.82) is 0 Å². The van der Waals surface area contributed by atoms with E-state index in [9.17, 15) is 9.50 Å². The summed E-state index contributed by atoms with van der Waals surface area (Å²) in [7, 11) is 1.97. The summed E-state index contributed by atoms with van der Waals surface area (Å²) in [6.45, 7) is 4.76. The van der Waals surface area contributed by atoms with Crippen LogP contribution in [0.4, 0.5) is 10.1 Å². The Hall–Kier alpha value is -1.77. The maximum Gasteiger partial charge on any atom is 0.123 e. The normalized spacial score (nSPS) is 12.6. The third kappa shape index (κ3) is 5.16. The third-order valence-electron chi connectivity index (χ3n) is 3.04. The quantitative estimate of drug-likeness (QED) is 0.605. The second-order valence-corrected chi connectivity index (χ2v) is 4.52. The van der Waals surface area contributed by atoms with Crippen LogP contribution in [0.1, 0.15) is 26.7 Å². The van der Waals surface area contributed by atoms with E-state index < -0.39 is 0 Å². The molecule has 1 aromatic carbocycles. The van der Waals surface area contributed by atoms with Crippen LogP contribution in [0.2, 0.25) is 0 Å². The van der Waals surface area contributed by atoms with E-state index in [0.29, 0.717) is 12.2 Å². The van der Waals surface area contributed by atoms with Crippen LogP contribution >= 0.6 is 0 Å². The zero-order chi connectivity index (χ0) is 14.3. The second-order valence-electron chi connectivity index (χ2n) is 4.52. The molecule has 0 unspecified atom stereocenters. The zero-order valence-corrected chi connectivity index (χ0v) is 11.9. The Bertz CT molecular complexity index is 448. The highest BCUT2D eigenvalue weighted by atomic mass is 19.1. The number of hydrogen-bond acceptors (Lipinski definition) is 2. The first-order valence-corrected chi connectivity index (χ1v) is 6.61. The van der Waals surface area contributed by atoms with E-state index in [1.54, 1.807) is 18.2 Å². The van der Waals surface area contributed by atoms with Crippen molar-refractivity contribution in [1.82, 2.24) is 0 Å². The molecule has 0 radical (unpaired) electrons. The van der Waals surface area contributed by atoms with Gasteiger partial charge in [-0.3, -0.25) is 0 Å². The van der Waals surface area contributed by atoms with Crippen molar-refractivity contribution in [3.05, 3.63) is 53.6 Å². The van der Waals surface area contributed by atoms with Crippen molar-refractivity contribution in [2.24, 2.45) is 0 Å². The number of rotatable bonds is 6. The Morgan fingerprint density at radius 2 is 1.79 bits per heavy atom. The Morgan fingerprint density at radius 1 is 1.16 bits per heavy atom. The summed E-state index contributed by atoms with van der Waals surface area (Å²) in [5.74, 6) is 0.162. The smallest absolute Gasteiger partial charge is 0.123 e. The van der Waals surface area contributed by atoms with Crippen LogP contribution in [0.3, 0.4) is 0 Å². The molecule has 104 valence electrons. The van der Waals surface area contributed by atoms with Gasteiger partial charge >= 0.3 is 0 Å². The van der Waals surface area contributed by atoms with Crippen LogP contribution in [-0.2, 0) is 0 Å². The molecule has 0 saturated carbocycles. The summed E-state index contributed by atoms with van der Waals surface area (Å²) in [6.07, 6.45) is 5.26. The van der Waals surface area contributed by atoms with E-state index in [1.807, 2.05) is 20.0 Å². The number of allylic oxidation sites excluding steroid dienone is 3. The summed E-state index contributed by atoms with van der Waals surface area (Å²) < 4.78 is 12.9. The molecule has 0 heterocycles. The maximum atomic E-state index is 12.9. The lowest BCUT2D eigenvalue weighted by Crippen LogP contribution is -2.19. The first kappa shape index (κ1) is 15.3. The minimum atomic E-state index is -0.223. The molecule has 0 atom stereocenters. The minimum Gasteiger partial charge on any atom is -0.512 e. The van der Waals surface area contributed by atoms with Crippen molar-refractivity contribution in [3.8, 4) is 0 Å². The summed E-state index contributed by atoms with van der Waals surface area (Å²) in [6, 6.07) is 6.46. The van der Waals surface area contributed by atoms with Crippen molar-refractivity contribution in [2.45, 2.75) is 26.7 Å². The second kappa shape index (κ2) is 7.62. The minimum absolute atomic E-state index is 0.223. The van der Waals surface area contributed by atoms with Gasteiger partial charge in [-0.1, -0.05) is 25.5 Å². The number of aliphatic hydroxyl groups is 1. The molecule has 1 N–H and O–H groups in total. The van der Waals surface area contributed by atoms with E-state index >= 15 is 0 Å². The number of nitrogens with zero attached hydrogens (tertiary/aromatic N) is 1. The fourth-order valence-electron chi connectivity index (χ4n) is 1.71. The maximum absolute atomic E-state index is 12.9. The first-order chi connectivity index (χ1) is 9.06. The third-order valence-corrected chi connectivity index (χ3v) is 3.04. The molecule has 2 nitrogen and oxygen atoms in total. The standard InChI is InChI=1S/C16H22FNO/c1-4-13(6-11-16(19)5-2)12-18(3)15-9-7-14(17)8-10-15/h6-11,19H,4-5,12H2,1-3H3/b13-6+,16-11+. The fraction of sp³-hybridized carbons (Fsp3) is 0.375. The zero-order valence-electron chi connectivity index (χ0n) is 11.9. The van der Waals surface area contributed by atoms with E-state index in [-0.39, 0.29) is 5.82 Å². The van der Waals surface area contributed by atoms with E-state index in [0.717, 1.165) is 18.7 Å². The molecule has 0 aromatic heterocycles. The molecule has 0 aliphatic rings. The highest BCUT2D eigenvalue weighted by Crippen LogP contribution is 2.15. The first-order valence-electron chi connectivity index (χ1n) is 6.61. The van der Waals surface area contributed by atoms with Crippen LogP contribution in [0, 0.1) is 5.82 Å². The highest BCUT2D eigenvalue weighted by molar-refractivity contribution is 5.46. The van der Waals surface area contributed by atoms with E-state index in [2.05, 4.69) is 11.8 Å². The largest absolute Gasteiger partial charge is 0.512 e. The topological polar surface area (TPSA) is 23.5 Å². The van der Waals surface area contributed by atoms with Crippen LogP contribution < -0.4 is 4.90 Å². The van der Waals surface area contributed by atoms with Gasteiger partial charge in [-0.05, 0) is 36.8 Å². The Balaban J connectivity index is 2.73. The molecule has 1 rings (SSSR count). The van der Waals surface area contributed by atoms with Gasteiger partial charge in [0.05, 0.1) is 5.76 Å². The fourth-order valence-corrected chi connectivity index (χ4v) is 1.71. The van der Waals surface area contributed by atoms with Crippen LogP contribution in [0.25, 0.3) is 0 Å². The number of anilines is 1. The molecule has 0 aliphatic carbocycles. The Kier molecular flexibility index (Phi) is 6.13. The van der Waals surface area contributed by atoms with Gasteiger partial charge in [0.25, 0.3) is 0 Å². The van der Waals surface area contributed by atoms with E-state index in [1.165, 1.54) is 17.7 Å². The number of likely N-dealkylation sites (N-methyl/N-ethyl adjacent to an activating group) is 1. The summed E-state index contributed by atoms with van der Waals surface area (Å²) >= 11 is 0. The molecule has 0 saturated heterocycles. The molecule has 3 heteroatoms. The van der Waals surface area contributed by atoms with Crippen molar-refractivity contribution in [2.75, 3.05) is 18.5 Å². The summed E-state index contributed by atoms with van der Waals surface area (Å²) in [4.78, 5) is 2.06. The Morgan fingerprint density at radius 3 is 2.32 bits per heavy atom. The molecular formula is C16H22FNO. The van der Waals surface area contributed by atoms with Gasteiger partial charge in [-0.25, -0.2) is 4.39 Å². The predicted octanol–water partition coefficient (Wildman–Crippen LogP) is 4.45. The summed E-state index contributed by atoms with van der Waals surface area (Å²) in [5.41, 5.74) is 2.19. The molecule has 0 fully saturated rings. The van der Waals surface area contributed by atoms with Crippen molar-refractivity contribution >= 4 is 5.69 Å². The monoisotopic (exact) mass is 263 g/mol. The molecule has 19 heavy (non-hydrogen) atoms. The molecule has 0 bridgehead atoms. The molecular weight excluding hydrogens is 241 g/mol. The van der Waals surface area contributed by atoms with Gasteiger partial charge in [0.1, 0.15) is 5.82 Å². The predicted molar refractivity (Wildman–Crippen MR) is 79.0 cm³/mol. The van der Waals surface area contributed by atoms with Crippen molar-refractivity contribution < 1.29 is 9.50 Å². The molecule has 0 aliphatic heterocycles. The molecule has 0 spiro atoms. The van der Waals surface area contributed by atoms with E-state index in [4.69, 9.17) is 0 Å². The van der Waals surface area contributed by atoms with Gasteiger partial charge < -0.3 is 10.0 Å². The van der Waals surface area contributed by atoms with Gasteiger partial charge in [-0.15, -0.1) is 0 Å². The number of aliphatic hydroxyl groups excluding tert-OH is 1. The lowest BCUT2D eigenvalue weighted by atomic mass is 10.1. The van der Waals surface area contributed by atoms with Gasteiger partial charge in [0.15, 0.2) is 0 Å². The lowest BCUT2D eigenvalue weighted by Gasteiger charge is -2.20. The van der Waals surface area contributed by atoms with Gasteiger partial charge in [0.2, 0.25) is 0 Å². The Labute approximate surface area is 114 Å². The average molecular weight is 263 g/mol. The summed E-state index contributed by atoms with van der Waals surface area (Å²) in [5, 5.41) is 9.45. The number of hydrogen-bond donors (Lipinski definition) is 1. The molecule has 1 aromatic rings. The number of halogens is 1. The van der Waals surface area contributed by atoms with Crippen LogP contribution in [0.5, 0.6) is 0 Å². The van der Waals surface area contributed by atoms with Crippen LogP contribution in [-0.4, -0.2) is 18.7 Å². The van der Waals surface area contributed by atoms with Crippen molar-refractivity contribution in [3.63, 3.8) is 0 Å². The number of benzene rings is 1. The SMILES string of the molecule is CC/C(O)=C\C=C(/CC)CN(C)c1ccc(F)cc1. The lowest BCUT2D eigenvalue weighted by molar-refractivity contribution is 0.394. The van der Waals surface area contributed by atoms with Crippen LogP contribution in [0.15, 0.2) is 47.7 Å².